The van der Waals surface area contributed by atoms with Gasteiger partial charge in [0.25, 0.3) is 0 Å². The summed E-state index contributed by atoms with van der Waals surface area (Å²) >= 11 is 0. The molecule has 11 aromatic rings. The minimum absolute atomic E-state index is 1.10. The van der Waals surface area contributed by atoms with Crippen LogP contribution in [-0.2, 0) is 0 Å². The molecule has 0 atom stereocenters. The van der Waals surface area contributed by atoms with Gasteiger partial charge in [0.2, 0.25) is 0 Å². The van der Waals surface area contributed by atoms with E-state index in [9.17, 15) is 0 Å². The Hall–Kier alpha value is -7.68. The van der Waals surface area contributed by atoms with E-state index in [1.807, 2.05) is 0 Å². The molecule has 2 heterocycles. The van der Waals surface area contributed by atoms with Gasteiger partial charge in [0.05, 0.1) is 16.6 Å². The average Bonchev–Trinajstić information content (AvgIpc) is 3.66. The zero-order valence-corrected chi connectivity index (χ0v) is 31.8. The van der Waals surface area contributed by atoms with Crippen molar-refractivity contribution in [3.63, 3.8) is 0 Å². The van der Waals surface area contributed by atoms with Crippen molar-refractivity contribution in [2.75, 3.05) is 4.90 Å². The van der Waals surface area contributed by atoms with Gasteiger partial charge in [-0.2, -0.15) is 0 Å². The van der Waals surface area contributed by atoms with Crippen molar-refractivity contribution in [2.24, 2.45) is 0 Å². The first-order valence-electron chi connectivity index (χ1n) is 19.9. The fraction of sp³-hybridized carbons (Fsp3) is 0. The lowest BCUT2D eigenvalue weighted by Crippen LogP contribution is -2.09. The number of aromatic nitrogens is 1. The van der Waals surface area contributed by atoms with Gasteiger partial charge in [-0.05, 0) is 92.9 Å². The summed E-state index contributed by atoms with van der Waals surface area (Å²) < 4.78 is 2.49. The summed E-state index contributed by atoms with van der Waals surface area (Å²) in [6.07, 6.45) is 0. The summed E-state index contributed by atoms with van der Waals surface area (Å²) in [4.78, 5) is 2.36. The average molecular weight is 739 g/mol. The topological polar surface area (TPSA) is 7.65 Å². The Bertz CT molecular complexity index is 3140. The number of benzene rings is 9. The highest BCUT2D eigenvalue weighted by Gasteiger charge is 2.22. The molecule has 0 aliphatic rings. The molecule has 0 aliphatic carbocycles. The van der Waals surface area contributed by atoms with Crippen LogP contribution in [0.4, 0.5) is 17.1 Å². The van der Waals surface area contributed by atoms with Crippen LogP contribution in [0.2, 0.25) is 0 Å². The van der Waals surface area contributed by atoms with Crippen molar-refractivity contribution in [1.82, 2.24) is 4.40 Å². The van der Waals surface area contributed by atoms with E-state index >= 15 is 0 Å². The maximum atomic E-state index is 2.49. The minimum atomic E-state index is 1.10. The van der Waals surface area contributed by atoms with Gasteiger partial charge in [-0.25, -0.2) is 0 Å². The molecule has 2 aromatic heterocycles. The summed E-state index contributed by atoms with van der Waals surface area (Å²) in [7, 11) is 0. The first-order chi connectivity index (χ1) is 28.8. The van der Waals surface area contributed by atoms with E-state index in [-0.39, 0.29) is 0 Å². The second-order valence-corrected chi connectivity index (χ2v) is 14.9. The van der Waals surface area contributed by atoms with Crippen LogP contribution in [0.1, 0.15) is 0 Å². The van der Waals surface area contributed by atoms with Gasteiger partial charge < -0.3 is 9.30 Å². The molecule has 2 heteroatoms. The Morgan fingerprint density at radius 1 is 0.276 bits per heavy atom. The van der Waals surface area contributed by atoms with Gasteiger partial charge in [0.15, 0.2) is 0 Å². The fourth-order valence-electron chi connectivity index (χ4n) is 8.90. The number of para-hydroxylation sites is 2. The number of anilines is 3. The first kappa shape index (κ1) is 33.6. The highest BCUT2D eigenvalue weighted by molar-refractivity contribution is 6.25. The van der Waals surface area contributed by atoms with E-state index in [1.165, 1.54) is 82.6 Å². The second kappa shape index (κ2) is 14.1. The highest BCUT2D eigenvalue weighted by atomic mass is 15.1. The number of nitrogens with zero attached hydrogens (tertiary/aromatic N) is 2. The predicted molar refractivity (Wildman–Crippen MR) is 246 cm³/mol. The summed E-state index contributed by atoms with van der Waals surface area (Å²) in [6.45, 7) is 0. The molecule has 0 N–H and O–H groups in total. The number of hydrogen-bond acceptors (Lipinski definition) is 1. The van der Waals surface area contributed by atoms with Gasteiger partial charge in [-0.3, -0.25) is 0 Å². The van der Waals surface area contributed by atoms with E-state index in [0.717, 1.165) is 17.1 Å². The Morgan fingerprint density at radius 2 is 0.672 bits per heavy atom. The van der Waals surface area contributed by atoms with Crippen molar-refractivity contribution in [2.45, 2.75) is 0 Å². The van der Waals surface area contributed by atoms with Crippen molar-refractivity contribution >= 4 is 55.2 Å². The summed E-state index contributed by atoms with van der Waals surface area (Å²) in [6, 6.07) is 83.5. The van der Waals surface area contributed by atoms with Crippen molar-refractivity contribution in [3.05, 3.63) is 231 Å². The zero-order valence-electron chi connectivity index (χ0n) is 31.8. The quantitative estimate of drug-likeness (QED) is 0.148. The molecular formula is C56H38N2. The van der Waals surface area contributed by atoms with Crippen LogP contribution in [0.5, 0.6) is 0 Å². The fourth-order valence-corrected chi connectivity index (χ4v) is 8.90. The standard InChI is InChI=1S/C56H38N2/c1-4-15-39(16-5-1)41-27-33-45(34-28-41)57(46-35-29-42(30-36-46)40-17-6-2-7-18-40)47-37-31-43(32-38-47)48-23-14-24-50-49-21-10-12-25-52(49)58-53-26-13-11-22-51(53)54(56(58)55(48)50)44-19-8-3-9-20-44/h1-38H. The second-order valence-electron chi connectivity index (χ2n) is 14.9. The SMILES string of the molecule is c1ccc(-c2ccc(N(c3ccc(-c4ccccc4)cc3)c3ccc(-c4cccc5c6ccccc6n6c7ccccc7c(-c7ccccc7)c6c45)cc3)cc2)cc1. The number of pyridine rings is 1. The van der Waals surface area contributed by atoms with Crippen LogP contribution in [0.3, 0.4) is 0 Å². The molecule has 0 fully saturated rings. The summed E-state index contributed by atoms with van der Waals surface area (Å²) in [5.41, 5.74) is 16.6. The molecular weight excluding hydrogens is 701 g/mol. The highest BCUT2D eigenvalue weighted by Crippen LogP contribution is 2.46. The molecule has 0 bridgehead atoms. The molecule has 0 amide bonds. The molecule has 0 spiro atoms. The molecule has 272 valence electrons. The van der Waals surface area contributed by atoms with Crippen LogP contribution < -0.4 is 4.90 Å². The third kappa shape index (κ3) is 5.66. The first-order valence-corrected chi connectivity index (χ1v) is 19.9. The lowest BCUT2D eigenvalue weighted by molar-refractivity contribution is 1.28. The van der Waals surface area contributed by atoms with E-state index in [4.69, 9.17) is 0 Å². The third-order valence-corrected chi connectivity index (χ3v) is 11.6. The summed E-state index contributed by atoms with van der Waals surface area (Å²) in [5.74, 6) is 0. The number of hydrogen-bond donors (Lipinski definition) is 0. The lowest BCUT2D eigenvalue weighted by atomic mass is 9.93. The monoisotopic (exact) mass is 738 g/mol. The molecule has 2 nitrogen and oxygen atoms in total. The molecule has 0 saturated carbocycles. The molecule has 0 unspecified atom stereocenters. The summed E-state index contributed by atoms with van der Waals surface area (Å²) in [5, 5.41) is 5.01. The molecule has 0 saturated heterocycles. The van der Waals surface area contributed by atoms with E-state index < -0.39 is 0 Å². The van der Waals surface area contributed by atoms with Gasteiger partial charge in [-0.15, -0.1) is 0 Å². The third-order valence-electron chi connectivity index (χ3n) is 11.6. The van der Waals surface area contributed by atoms with Gasteiger partial charge in [-0.1, -0.05) is 182 Å². The number of fused-ring (bicyclic) bond motifs is 8. The lowest BCUT2D eigenvalue weighted by Gasteiger charge is -2.26. The normalized spacial score (nSPS) is 11.4. The Labute approximate surface area is 338 Å². The predicted octanol–water partition coefficient (Wildman–Crippen LogP) is 15.5. The van der Waals surface area contributed by atoms with Gasteiger partial charge >= 0.3 is 0 Å². The molecule has 0 radical (unpaired) electrons. The Balaban J connectivity index is 1.09. The maximum Gasteiger partial charge on any atom is 0.0632 e. The minimum Gasteiger partial charge on any atom is -0.311 e. The van der Waals surface area contributed by atoms with Crippen LogP contribution in [0.25, 0.3) is 82.6 Å². The van der Waals surface area contributed by atoms with Crippen LogP contribution in [0, 0.1) is 0 Å². The van der Waals surface area contributed by atoms with Crippen molar-refractivity contribution in [1.29, 1.82) is 0 Å². The van der Waals surface area contributed by atoms with E-state index in [1.54, 1.807) is 0 Å². The zero-order chi connectivity index (χ0) is 38.4. The largest absolute Gasteiger partial charge is 0.311 e. The van der Waals surface area contributed by atoms with Crippen molar-refractivity contribution in [3.8, 4) is 44.5 Å². The Morgan fingerprint density at radius 3 is 1.21 bits per heavy atom. The Kier molecular flexibility index (Phi) is 8.19. The molecule has 0 aliphatic heterocycles. The maximum absolute atomic E-state index is 2.49. The van der Waals surface area contributed by atoms with Gasteiger partial charge in [0.1, 0.15) is 0 Å². The smallest absolute Gasteiger partial charge is 0.0632 e. The van der Waals surface area contributed by atoms with Crippen molar-refractivity contribution < 1.29 is 0 Å². The van der Waals surface area contributed by atoms with Gasteiger partial charge in [0, 0.05) is 38.8 Å². The van der Waals surface area contributed by atoms with E-state index in [2.05, 4.69) is 240 Å². The van der Waals surface area contributed by atoms with E-state index in [0.29, 0.717) is 0 Å². The molecule has 58 heavy (non-hydrogen) atoms. The molecule has 11 rings (SSSR count). The van der Waals surface area contributed by atoms with Crippen LogP contribution in [0.15, 0.2) is 231 Å². The number of rotatable bonds is 7. The van der Waals surface area contributed by atoms with Crippen LogP contribution >= 0.6 is 0 Å². The van der Waals surface area contributed by atoms with Crippen LogP contribution in [-0.4, -0.2) is 4.40 Å². The molecule has 9 aromatic carbocycles.